The van der Waals surface area contributed by atoms with Crippen LogP contribution in [0.1, 0.15) is 0 Å². The van der Waals surface area contributed by atoms with Crippen LogP contribution in [0.25, 0.3) is 22.6 Å². The highest BCUT2D eigenvalue weighted by Gasteiger charge is 2.11. The number of aromatic nitrogens is 6. The largest absolute Gasteiger partial charge is 0.368 e. The Kier molecular flexibility index (Phi) is 1.76. The molecule has 3 heterocycles. The van der Waals surface area contributed by atoms with E-state index in [2.05, 4.69) is 29.9 Å². The van der Waals surface area contributed by atoms with E-state index < -0.39 is 0 Å². The lowest BCUT2D eigenvalue weighted by Gasteiger charge is -2.00. The zero-order chi connectivity index (χ0) is 11.0. The summed E-state index contributed by atoms with van der Waals surface area (Å²) in [5.41, 5.74) is 8.06. The van der Waals surface area contributed by atoms with Crippen molar-refractivity contribution in [2.45, 2.75) is 0 Å². The van der Waals surface area contributed by atoms with Crippen molar-refractivity contribution in [2.24, 2.45) is 0 Å². The molecule has 3 aromatic rings. The fourth-order valence-corrected chi connectivity index (χ4v) is 1.46. The molecule has 0 unspecified atom stereocenters. The van der Waals surface area contributed by atoms with Crippen molar-refractivity contribution in [3.8, 4) is 11.4 Å². The Labute approximate surface area is 89.8 Å². The third-order valence-electron chi connectivity index (χ3n) is 2.11. The molecule has 0 spiro atoms. The van der Waals surface area contributed by atoms with Gasteiger partial charge in [0.05, 0.1) is 12.5 Å². The molecule has 0 aliphatic heterocycles. The van der Waals surface area contributed by atoms with Crippen LogP contribution in [-0.4, -0.2) is 29.9 Å². The highest BCUT2D eigenvalue weighted by Crippen LogP contribution is 2.21. The monoisotopic (exact) mass is 213 g/mol. The van der Waals surface area contributed by atoms with Crippen molar-refractivity contribution in [1.82, 2.24) is 29.9 Å². The molecular weight excluding hydrogens is 206 g/mol. The fraction of sp³-hybridized carbons (Fsp3) is 0. The minimum absolute atomic E-state index is 0.167. The van der Waals surface area contributed by atoms with Gasteiger partial charge in [-0.3, -0.25) is 9.97 Å². The van der Waals surface area contributed by atoms with Crippen LogP contribution >= 0.6 is 0 Å². The molecular formula is C9H7N7. The van der Waals surface area contributed by atoms with Gasteiger partial charge >= 0.3 is 0 Å². The van der Waals surface area contributed by atoms with Crippen LogP contribution in [0.2, 0.25) is 0 Å². The van der Waals surface area contributed by atoms with Crippen LogP contribution in [0.4, 0.5) is 5.95 Å². The number of aromatic amines is 1. The molecule has 3 rings (SSSR count). The minimum Gasteiger partial charge on any atom is -0.368 e. The number of fused-ring (bicyclic) bond motifs is 1. The van der Waals surface area contributed by atoms with Crippen LogP contribution in [0.3, 0.4) is 0 Å². The van der Waals surface area contributed by atoms with Gasteiger partial charge in [-0.25, -0.2) is 9.97 Å². The van der Waals surface area contributed by atoms with Crippen LogP contribution in [0.5, 0.6) is 0 Å². The molecule has 7 nitrogen and oxygen atoms in total. The lowest BCUT2D eigenvalue weighted by atomic mass is 10.3. The average Bonchev–Trinajstić information content (AvgIpc) is 2.77. The first-order valence-electron chi connectivity index (χ1n) is 4.57. The molecule has 0 aromatic carbocycles. The maximum Gasteiger partial charge on any atom is 0.222 e. The maximum atomic E-state index is 5.60. The Morgan fingerprint density at radius 3 is 2.88 bits per heavy atom. The third-order valence-corrected chi connectivity index (χ3v) is 2.11. The van der Waals surface area contributed by atoms with Crippen LogP contribution < -0.4 is 5.73 Å². The molecule has 0 radical (unpaired) electrons. The quantitative estimate of drug-likeness (QED) is 0.605. The Bertz CT molecular complexity index is 631. The van der Waals surface area contributed by atoms with Crippen molar-refractivity contribution >= 4 is 17.1 Å². The number of imidazole rings is 1. The van der Waals surface area contributed by atoms with Gasteiger partial charge in [-0.05, 0) is 0 Å². The van der Waals surface area contributed by atoms with E-state index in [9.17, 15) is 0 Å². The Hall–Kier alpha value is -2.57. The van der Waals surface area contributed by atoms with E-state index in [-0.39, 0.29) is 5.95 Å². The van der Waals surface area contributed by atoms with E-state index >= 15 is 0 Å². The molecule has 0 amide bonds. The zero-order valence-electron chi connectivity index (χ0n) is 8.12. The van der Waals surface area contributed by atoms with Gasteiger partial charge in [0.25, 0.3) is 0 Å². The van der Waals surface area contributed by atoms with Gasteiger partial charge in [-0.15, -0.1) is 0 Å². The Morgan fingerprint density at radius 1 is 1.12 bits per heavy atom. The molecule has 0 atom stereocenters. The maximum absolute atomic E-state index is 5.60. The fourth-order valence-electron chi connectivity index (χ4n) is 1.46. The normalized spacial score (nSPS) is 10.8. The summed E-state index contributed by atoms with van der Waals surface area (Å²) in [6, 6.07) is 0. The second-order valence-corrected chi connectivity index (χ2v) is 3.12. The molecule has 0 bridgehead atoms. The minimum atomic E-state index is 0.167. The van der Waals surface area contributed by atoms with E-state index in [0.29, 0.717) is 22.6 Å². The number of H-pyrrole nitrogens is 1. The molecule has 7 heteroatoms. The van der Waals surface area contributed by atoms with Gasteiger partial charge in [0.15, 0.2) is 5.65 Å². The predicted octanol–water partition coefficient (Wildman–Crippen LogP) is 0.392. The number of hydrogen-bond acceptors (Lipinski definition) is 6. The summed E-state index contributed by atoms with van der Waals surface area (Å²) in [5, 5.41) is 0. The number of anilines is 1. The molecule has 78 valence electrons. The number of nitrogen functional groups attached to an aromatic ring is 1. The van der Waals surface area contributed by atoms with Gasteiger partial charge < -0.3 is 10.7 Å². The van der Waals surface area contributed by atoms with Gasteiger partial charge in [0.2, 0.25) is 5.95 Å². The van der Waals surface area contributed by atoms with E-state index in [0.717, 1.165) is 0 Å². The number of hydrogen-bond donors (Lipinski definition) is 2. The smallest absolute Gasteiger partial charge is 0.222 e. The predicted molar refractivity (Wildman–Crippen MR) is 57.1 cm³/mol. The van der Waals surface area contributed by atoms with E-state index in [1.165, 1.54) is 0 Å². The van der Waals surface area contributed by atoms with Crippen molar-refractivity contribution < 1.29 is 0 Å². The van der Waals surface area contributed by atoms with Crippen molar-refractivity contribution in [1.29, 1.82) is 0 Å². The van der Waals surface area contributed by atoms with Gasteiger partial charge in [0.1, 0.15) is 16.9 Å². The van der Waals surface area contributed by atoms with Crippen LogP contribution in [0, 0.1) is 0 Å². The van der Waals surface area contributed by atoms with Crippen LogP contribution in [0.15, 0.2) is 24.9 Å². The molecule has 0 saturated heterocycles. The van der Waals surface area contributed by atoms with E-state index in [1.54, 1.807) is 24.9 Å². The number of nitrogens with one attached hydrogen (secondary N) is 1. The third kappa shape index (κ3) is 1.26. The molecule has 0 saturated carbocycles. The molecule has 16 heavy (non-hydrogen) atoms. The highest BCUT2D eigenvalue weighted by molar-refractivity contribution is 5.86. The highest BCUT2D eigenvalue weighted by atomic mass is 15.1. The molecule has 0 aliphatic rings. The number of nitrogens with zero attached hydrogens (tertiary/aromatic N) is 5. The van der Waals surface area contributed by atoms with Crippen molar-refractivity contribution in [3.05, 3.63) is 24.9 Å². The Balaban J connectivity index is 2.34. The summed E-state index contributed by atoms with van der Waals surface area (Å²) in [5.74, 6) is 0.167. The first kappa shape index (κ1) is 8.72. The zero-order valence-corrected chi connectivity index (χ0v) is 8.12. The SMILES string of the molecule is Nc1nc(-c2cnccn2)c2[nH]cnc2n1. The summed E-state index contributed by atoms with van der Waals surface area (Å²) in [4.78, 5) is 23.3. The summed E-state index contributed by atoms with van der Waals surface area (Å²) in [7, 11) is 0. The molecule has 3 N–H and O–H groups in total. The lowest BCUT2D eigenvalue weighted by molar-refractivity contribution is 1.16. The Morgan fingerprint density at radius 2 is 2.06 bits per heavy atom. The first-order valence-corrected chi connectivity index (χ1v) is 4.57. The number of nitrogens with two attached hydrogens (primary N) is 1. The summed E-state index contributed by atoms with van der Waals surface area (Å²) >= 11 is 0. The topological polar surface area (TPSA) is 106 Å². The second kappa shape index (κ2) is 3.23. The average molecular weight is 213 g/mol. The lowest BCUT2D eigenvalue weighted by Crippen LogP contribution is -1.98. The second-order valence-electron chi connectivity index (χ2n) is 3.12. The van der Waals surface area contributed by atoms with Gasteiger partial charge in [0, 0.05) is 12.4 Å². The number of rotatable bonds is 1. The van der Waals surface area contributed by atoms with E-state index in [1.807, 2.05) is 0 Å². The summed E-state index contributed by atoms with van der Waals surface area (Å²) in [6.45, 7) is 0. The first-order chi connectivity index (χ1) is 7.84. The van der Waals surface area contributed by atoms with Crippen LogP contribution in [-0.2, 0) is 0 Å². The van der Waals surface area contributed by atoms with Crippen molar-refractivity contribution in [2.75, 3.05) is 5.73 Å². The summed E-state index contributed by atoms with van der Waals surface area (Å²) < 4.78 is 0. The standard InChI is InChI=1S/C9H7N7/c10-9-15-6(5-3-11-1-2-12-5)7-8(16-9)14-4-13-7/h1-4H,(H3,10,13,14,15,16). The molecule has 3 aromatic heterocycles. The van der Waals surface area contributed by atoms with E-state index in [4.69, 9.17) is 5.73 Å². The summed E-state index contributed by atoms with van der Waals surface area (Å²) in [6.07, 6.45) is 6.34. The molecule has 0 fully saturated rings. The molecule has 0 aliphatic carbocycles. The van der Waals surface area contributed by atoms with Crippen molar-refractivity contribution in [3.63, 3.8) is 0 Å². The van der Waals surface area contributed by atoms with Gasteiger partial charge in [-0.1, -0.05) is 0 Å². The van der Waals surface area contributed by atoms with Gasteiger partial charge in [-0.2, -0.15) is 4.98 Å².